The highest BCUT2D eigenvalue weighted by Gasteiger charge is 2.18. The molecule has 2 aromatic rings. The Bertz CT molecular complexity index is 664. The molecule has 0 saturated carbocycles. The third-order valence-electron chi connectivity index (χ3n) is 3.75. The van der Waals surface area contributed by atoms with Gasteiger partial charge in [0.15, 0.2) is 0 Å². The van der Waals surface area contributed by atoms with Crippen molar-refractivity contribution in [2.24, 2.45) is 0 Å². The number of carbonyl (C=O) groups excluding carboxylic acids is 1. The van der Waals surface area contributed by atoms with E-state index in [0.29, 0.717) is 18.8 Å². The molecular weight excluding hydrogens is 288 g/mol. The molecule has 0 aliphatic heterocycles. The largest absolute Gasteiger partial charge is 0.461 e. The van der Waals surface area contributed by atoms with Crippen molar-refractivity contribution in [3.8, 4) is 11.3 Å². The number of carbonyl (C=O) groups is 1. The van der Waals surface area contributed by atoms with Crippen LogP contribution in [0, 0.1) is 0 Å². The molecule has 0 aliphatic rings. The summed E-state index contributed by atoms with van der Waals surface area (Å²) >= 11 is 0. The maximum Gasteiger partial charge on any atom is 0.356 e. The van der Waals surface area contributed by atoms with Crippen LogP contribution in [0.15, 0.2) is 30.3 Å². The second-order valence-electron chi connectivity index (χ2n) is 6.69. The van der Waals surface area contributed by atoms with Crippen LogP contribution < -0.4 is 0 Å². The first-order chi connectivity index (χ1) is 10.9. The maximum absolute atomic E-state index is 12.1. The Hall–Kier alpha value is -2.10. The van der Waals surface area contributed by atoms with Gasteiger partial charge in [0.25, 0.3) is 0 Å². The van der Waals surface area contributed by atoms with E-state index in [4.69, 9.17) is 4.74 Å². The van der Waals surface area contributed by atoms with Gasteiger partial charge in [0.05, 0.1) is 12.3 Å². The first-order valence-electron chi connectivity index (χ1n) is 8.22. The normalized spacial score (nSPS) is 11.5. The van der Waals surface area contributed by atoms with Gasteiger partial charge in [-0.1, -0.05) is 52.0 Å². The lowest BCUT2D eigenvalue weighted by Gasteiger charge is -2.18. The molecule has 4 heteroatoms. The first-order valence-corrected chi connectivity index (χ1v) is 8.22. The Morgan fingerprint density at radius 2 is 1.83 bits per heavy atom. The lowest BCUT2D eigenvalue weighted by Crippen LogP contribution is -2.13. The number of rotatable bonds is 5. The molecular formula is C19H26N2O2. The van der Waals surface area contributed by atoms with Crippen molar-refractivity contribution in [3.63, 3.8) is 0 Å². The average Bonchev–Trinajstić information content (AvgIpc) is 2.91. The summed E-state index contributed by atoms with van der Waals surface area (Å²) in [6.45, 7) is 11.5. The zero-order chi connectivity index (χ0) is 17.0. The van der Waals surface area contributed by atoms with Crippen molar-refractivity contribution in [3.05, 3.63) is 41.6 Å². The molecule has 1 heterocycles. The summed E-state index contributed by atoms with van der Waals surface area (Å²) < 4.78 is 6.87. The Labute approximate surface area is 138 Å². The molecule has 0 unspecified atom stereocenters. The molecule has 23 heavy (non-hydrogen) atoms. The van der Waals surface area contributed by atoms with Crippen LogP contribution in [0.3, 0.4) is 0 Å². The smallest absolute Gasteiger partial charge is 0.356 e. The van der Waals surface area contributed by atoms with Crippen LogP contribution in [0.5, 0.6) is 0 Å². The van der Waals surface area contributed by atoms with Gasteiger partial charge in [-0.25, -0.2) is 4.79 Å². The Balaban J connectivity index is 2.36. The SMILES string of the molecule is CCCn1nc(-c2ccc(C(C)(C)C)cc2)cc1C(=O)OCC. The topological polar surface area (TPSA) is 44.1 Å². The van der Waals surface area contributed by atoms with E-state index in [1.807, 2.05) is 13.0 Å². The minimum absolute atomic E-state index is 0.121. The number of hydrogen-bond donors (Lipinski definition) is 0. The quantitative estimate of drug-likeness (QED) is 0.767. The number of esters is 1. The van der Waals surface area contributed by atoms with Gasteiger partial charge in [0, 0.05) is 12.1 Å². The van der Waals surface area contributed by atoms with E-state index >= 15 is 0 Å². The lowest BCUT2D eigenvalue weighted by molar-refractivity contribution is 0.0511. The summed E-state index contributed by atoms with van der Waals surface area (Å²) in [7, 11) is 0. The van der Waals surface area contributed by atoms with Crippen LogP contribution in [-0.4, -0.2) is 22.4 Å². The number of aromatic nitrogens is 2. The van der Waals surface area contributed by atoms with Gasteiger partial charge in [0.2, 0.25) is 0 Å². The van der Waals surface area contributed by atoms with Crippen molar-refractivity contribution in [1.82, 2.24) is 9.78 Å². The minimum Gasteiger partial charge on any atom is -0.461 e. The summed E-state index contributed by atoms with van der Waals surface area (Å²) in [5.41, 5.74) is 3.74. The van der Waals surface area contributed by atoms with Gasteiger partial charge in [-0.15, -0.1) is 0 Å². The number of hydrogen-bond acceptors (Lipinski definition) is 3. The molecule has 0 radical (unpaired) electrons. The molecule has 0 spiro atoms. The van der Waals surface area contributed by atoms with E-state index in [9.17, 15) is 4.79 Å². The van der Waals surface area contributed by atoms with Gasteiger partial charge in [-0.2, -0.15) is 5.10 Å². The Morgan fingerprint density at radius 3 is 2.35 bits per heavy atom. The molecule has 0 bridgehead atoms. The van der Waals surface area contributed by atoms with Crippen LogP contribution in [0.2, 0.25) is 0 Å². The molecule has 0 fully saturated rings. The number of aryl methyl sites for hydroxylation is 1. The van der Waals surface area contributed by atoms with E-state index in [1.54, 1.807) is 4.68 Å². The number of benzene rings is 1. The van der Waals surface area contributed by atoms with E-state index in [2.05, 4.69) is 57.1 Å². The van der Waals surface area contributed by atoms with Crippen LogP contribution in [0.4, 0.5) is 0 Å². The predicted octanol–water partition coefficient (Wildman–Crippen LogP) is 4.43. The highest BCUT2D eigenvalue weighted by molar-refractivity contribution is 5.89. The summed E-state index contributed by atoms with van der Waals surface area (Å²) in [4.78, 5) is 12.1. The first kappa shape index (κ1) is 17.3. The zero-order valence-electron chi connectivity index (χ0n) is 14.7. The van der Waals surface area contributed by atoms with Gasteiger partial charge in [-0.3, -0.25) is 4.68 Å². The van der Waals surface area contributed by atoms with Crippen LogP contribution >= 0.6 is 0 Å². The fraction of sp³-hybridized carbons (Fsp3) is 0.474. The lowest BCUT2D eigenvalue weighted by atomic mass is 9.86. The van der Waals surface area contributed by atoms with E-state index in [1.165, 1.54) is 5.56 Å². The van der Waals surface area contributed by atoms with Gasteiger partial charge >= 0.3 is 5.97 Å². The summed E-state index contributed by atoms with van der Waals surface area (Å²) in [6, 6.07) is 10.2. The summed E-state index contributed by atoms with van der Waals surface area (Å²) in [5.74, 6) is -0.314. The van der Waals surface area contributed by atoms with Crippen LogP contribution in [0.1, 0.15) is 57.1 Å². The fourth-order valence-electron chi connectivity index (χ4n) is 2.45. The van der Waals surface area contributed by atoms with Crippen LogP contribution in [-0.2, 0) is 16.7 Å². The zero-order valence-corrected chi connectivity index (χ0v) is 14.7. The molecule has 0 atom stereocenters. The van der Waals surface area contributed by atoms with Crippen molar-refractivity contribution in [1.29, 1.82) is 0 Å². The van der Waals surface area contributed by atoms with Crippen molar-refractivity contribution < 1.29 is 9.53 Å². The third-order valence-corrected chi connectivity index (χ3v) is 3.75. The predicted molar refractivity (Wildman–Crippen MR) is 92.6 cm³/mol. The van der Waals surface area contributed by atoms with Crippen LogP contribution in [0.25, 0.3) is 11.3 Å². The fourth-order valence-corrected chi connectivity index (χ4v) is 2.45. The summed E-state index contributed by atoms with van der Waals surface area (Å²) in [6.07, 6.45) is 0.913. The molecule has 0 saturated heterocycles. The highest BCUT2D eigenvalue weighted by atomic mass is 16.5. The van der Waals surface area contributed by atoms with Crippen molar-refractivity contribution >= 4 is 5.97 Å². The summed E-state index contributed by atoms with van der Waals surface area (Å²) in [5, 5.41) is 4.58. The monoisotopic (exact) mass is 314 g/mol. The van der Waals surface area contributed by atoms with E-state index in [-0.39, 0.29) is 11.4 Å². The van der Waals surface area contributed by atoms with Crippen molar-refractivity contribution in [2.45, 2.75) is 53.0 Å². The molecule has 1 aromatic carbocycles. The number of nitrogens with zero attached hydrogens (tertiary/aromatic N) is 2. The minimum atomic E-state index is -0.314. The third kappa shape index (κ3) is 4.01. The number of ether oxygens (including phenoxy) is 1. The van der Waals surface area contributed by atoms with Crippen molar-refractivity contribution in [2.75, 3.05) is 6.61 Å². The average molecular weight is 314 g/mol. The second kappa shape index (κ2) is 6.99. The molecule has 0 N–H and O–H groups in total. The van der Waals surface area contributed by atoms with Gasteiger partial charge in [0.1, 0.15) is 5.69 Å². The molecule has 0 aliphatic carbocycles. The molecule has 124 valence electrons. The standard InChI is InChI=1S/C19H26N2O2/c1-6-12-21-17(18(22)23-7-2)13-16(20-21)14-8-10-15(11-9-14)19(3,4)5/h8-11,13H,6-7,12H2,1-5H3. The van der Waals surface area contributed by atoms with Gasteiger partial charge < -0.3 is 4.74 Å². The van der Waals surface area contributed by atoms with E-state index < -0.39 is 0 Å². The Morgan fingerprint density at radius 1 is 1.17 bits per heavy atom. The maximum atomic E-state index is 12.1. The molecule has 2 rings (SSSR count). The highest BCUT2D eigenvalue weighted by Crippen LogP contribution is 2.26. The second-order valence-corrected chi connectivity index (χ2v) is 6.69. The molecule has 1 aromatic heterocycles. The Kier molecular flexibility index (Phi) is 5.24. The van der Waals surface area contributed by atoms with E-state index in [0.717, 1.165) is 17.7 Å². The van der Waals surface area contributed by atoms with Gasteiger partial charge in [-0.05, 0) is 30.4 Å². The molecule has 0 amide bonds. The molecule has 4 nitrogen and oxygen atoms in total.